The maximum Gasteiger partial charge on any atom is 0.354 e. The Labute approximate surface area is 117 Å². The van der Waals surface area contributed by atoms with Crippen molar-refractivity contribution >= 4 is 38.7 Å². The minimum Gasteiger partial charge on any atom is -0.477 e. The molecule has 0 aliphatic rings. The fourth-order valence-electron chi connectivity index (χ4n) is 2.46. The van der Waals surface area contributed by atoms with E-state index in [-0.39, 0.29) is 5.69 Å². The third kappa shape index (κ3) is 1.53. The molecule has 0 saturated carbocycles. The number of fused-ring (bicyclic) bond motifs is 3. The highest BCUT2D eigenvalue weighted by atomic mass is 79.9. The molecule has 2 heterocycles. The Hall–Kier alpha value is -1.82. The number of imidazole rings is 2. The van der Waals surface area contributed by atoms with Crippen molar-refractivity contribution in [2.75, 3.05) is 0 Å². The molecule has 0 radical (unpaired) electrons. The van der Waals surface area contributed by atoms with E-state index in [1.54, 1.807) is 15.9 Å². The first-order valence-electron chi connectivity index (χ1n) is 5.78. The predicted molar refractivity (Wildman–Crippen MR) is 75.8 cm³/mol. The van der Waals surface area contributed by atoms with Gasteiger partial charge in [-0.3, -0.25) is 4.40 Å². The van der Waals surface area contributed by atoms with Gasteiger partial charge in [0.2, 0.25) is 5.78 Å². The Morgan fingerprint density at radius 2 is 2.05 bits per heavy atom. The molecule has 19 heavy (non-hydrogen) atoms. The SMILES string of the molecule is Cc1cc(Br)cc2c1nc1n(C)c(C)c(C(=O)O)n21. The first-order valence-corrected chi connectivity index (χ1v) is 6.58. The largest absolute Gasteiger partial charge is 0.477 e. The van der Waals surface area contributed by atoms with Crippen LogP contribution in [0.1, 0.15) is 21.7 Å². The van der Waals surface area contributed by atoms with Gasteiger partial charge in [-0.2, -0.15) is 0 Å². The lowest BCUT2D eigenvalue weighted by Gasteiger charge is -2.00. The van der Waals surface area contributed by atoms with Crippen molar-refractivity contribution in [1.82, 2.24) is 14.0 Å². The van der Waals surface area contributed by atoms with Crippen LogP contribution in [-0.2, 0) is 7.05 Å². The molecule has 98 valence electrons. The molecule has 0 saturated heterocycles. The number of hydrogen-bond donors (Lipinski definition) is 1. The van der Waals surface area contributed by atoms with Gasteiger partial charge in [0, 0.05) is 17.2 Å². The summed E-state index contributed by atoms with van der Waals surface area (Å²) in [4.78, 5) is 16.0. The van der Waals surface area contributed by atoms with Crippen LogP contribution >= 0.6 is 15.9 Å². The molecule has 2 aromatic heterocycles. The molecular formula is C13H12BrN3O2. The van der Waals surface area contributed by atoms with E-state index >= 15 is 0 Å². The summed E-state index contributed by atoms with van der Waals surface area (Å²) in [6, 6.07) is 3.87. The summed E-state index contributed by atoms with van der Waals surface area (Å²) in [7, 11) is 1.83. The fourth-order valence-corrected chi connectivity index (χ4v) is 3.02. The van der Waals surface area contributed by atoms with Gasteiger partial charge in [-0.1, -0.05) is 15.9 Å². The number of benzene rings is 1. The van der Waals surface area contributed by atoms with Crippen molar-refractivity contribution in [2.45, 2.75) is 13.8 Å². The Balaban J connectivity index is 2.63. The summed E-state index contributed by atoms with van der Waals surface area (Å²) in [5, 5.41) is 9.42. The van der Waals surface area contributed by atoms with Gasteiger partial charge >= 0.3 is 5.97 Å². The molecule has 0 unspecified atom stereocenters. The lowest BCUT2D eigenvalue weighted by atomic mass is 10.2. The summed E-state index contributed by atoms with van der Waals surface area (Å²) >= 11 is 3.45. The van der Waals surface area contributed by atoms with Crippen LogP contribution in [0.15, 0.2) is 16.6 Å². The van der Waals surface area contributed by atoms with Crippen LogP contribution in [-0.4, -0.2) is 25.0 Å². The number of aromatic carboxylic acids is 1. The quantitative estimate of drug-likeness (QED) is 0.749. The molecule has 5 nitrogen and oxygen atoms in total. The van der Waals surface area contributed by atoms with Gasteiger partial charge in [-0.05, 0) is 31.5 Å². The average molecular weight is 322 g/mol. The molecule has 0 aliphatic carbocycles. The van der Waals surface area contributed by atoms with Gasteiger partial charge in [-0.25, -0.2) is 9.78 Å². The van der Waals surface area contributed by atoms with Crippen LogP contribution in [0, 0.1) is 13.8 Å². The Morgan fingerprint density at radius 1 is 1.37 bits per heavy atom. The second kappa shape index (κ2) is 3.84. The molecule has 0 aliphatic heterocycles. The predicted octanol–water partition coefficient (Wildman–Crippen LogP) is 2.90. The number of carboxylic acid groups (broad SMARTS) is 1. The molecule has 3 aromatic rings. The molecule has 0 amide bonds. The third-order valence-electron chi connectivity index (χ3n) is 3.47. The summed E-state index contributed by atoms with van der Waals surface area (Å²) in [6.45, 7) is 3.75. The smallest absolute Gasteiger partial charge is 0.354 e. The van der Waals surface area contributed by atoms with Gasteiger partial charge in [0.25, 0.3) is 0 Å². The van der Waals surface area contributed by atoms with E-state index in [9.17, 15) is 9.90 Å². The summed E-state index contributed by atoms with van der Waals surface area (Å²) in [5.41, 5.74) is 3.60. The van der Waals surface area contributed by atoms with Crippen molar-refractivity contribution in [3.63, 3.8) is 0 Å². The van der Waals surface area contributed by atoms with Crippen LogP contribution < -0.4 is 0 Å². The van der Waals surface area contributed by atoms with Crippen molar-refractivity contribution in [3.05, 3.63) is 33.6 Å². The number of rotatable bonds is 1. The minimum absolute atomic E-state index is 0.262. The zero-order valence-electron chi connectivity index (χ0n) is 10.7. The van der Waals surface area contributed by atoms with E-state index in [1.807, 2.05) is 26.1 Å². The van der Waals surface area contributed by atoms with E-state index < -0.39 is 5.97 Å². The highest BCUT2D eigenvalue weighted by Crippen LogP contribution is 2.27. The fraction of sp³-hybridized carbons (Fsp3) is 0.231. The van der Waals surface area contributed by atoms with Crippen LogP contribution in [0.2, 0.25) is 0 Å². The van der Waals surface area contributed by atoms with Gasteiger partial charge < -0.3 is 9.67 Å². The van der Waals surface area contributed by atoms with E-state index in [1.165, 1.54) is 0 Å². The Bertz CT molecular complexity index is 845. The molecule has 1 N–H and O–H groups in total. The molecule has 0 atom stereocenters. The van der Waals surface area contributed by atoms with Crippen LogP contribution in [0.3, 0.4) is 0 Å². The zero-order valence-corrected chi connectivity index (χ0v) is 12.3. The molecule has 0 spiro atoms. The summed E-state index contributed by atoms with van der Waals surface area (Å²) in [5.74, 6) is -0.300. The third-order valence-corrected chi connectivity index (χ3v) is 3.93. The lowest BCUT2D eigenvalue weighted by Crippen LogP contribution is -2.04. The van der Waals surface area contributed by atoms with Crippen LogP contribution in [0.5, 0.6) is 0 Å². The van der Waals surface area contributed by atoms with E-state index in [0.29, 0.717) is 11.5 Å². The monoisotopic (exact) mass is 321 g/mol. The van der Waals surface area contributed by atoms with Gasteiger partial charge in [0.15, 0.2) is 5.69 Å². The Kier molecular flexibility index (Phi) is 2.47. The molecule has 6 heteroatoms. The van der Waals surface area contributed by atoms with Crippen molar-refractivity contribution in [1.29, 1.82) is 0 Å². The molecule has 0 fully saturated rings. The molecular weight excluding hydrogens is 310 g/mol. The number of aromatic nitrogens is 3. The number of nitrogens with zero attached hydrogens (tertiary/aromatic N) is 3. The number of hydrogen-bond acceptors (Lipinski definition) is 2. The number of carbonyl (C=O) groups is 1. The summed E-state index contributed by atoms with van der Waals surface area (Å²) in [6.07, 6.45) is 0. The maximum absolute atomic E-state index is 11.5. The van der Waals surface area contributed by atoms with E-state index in [0.717, 1.165) is 21.1 Å². The number of aryl methyl sites for hydroxylation is 2. The van der Waals surface area contributed by atoms with E-state index in [2.05, 4.69) is 20.9 Å². The van der Waals surface area contributed by atoms with Crippen molar-refractivity contribution in [2.24, 2.45) is 7.05 Å². The summed E-state index contributed by atoms with van der Waals surface area (Å²) < 4.78 is 4.42. The number of carboxylic acids is 1. The maximum atomic E-state index is 11.5. The topological polar surface area (TPSA) is 59.5 Å². The van der Waals surface area contributed by atoms with Crippen molar-refractivity contribution in [3.8, 4) is 0 Å². The van der Waals surface area contributed by atoms with Gasteiger partial charge in [0.1, 0.15) is 0 Å². The molecule has 0 bridgehead atoms. The van der Waals surface area contributed by atoms with Gasteiger partial charge in [0.05, 0.1) is 11.0 Å². The molecule has 1 aromatic carbocycles. The lowest BCUT2D eigenvalue weighted by molar-refractivity contribution is 0.0688. The average Bonchev–Trinajstić information content (AvgIpc) is 2.78. The Morgan fingerprint density at radius 3 is 2.68 bits per heavy atom. The van der Waals surface area contributed by atoms with Gasteiger partial charge in [-0.15, -0.1) is 0 Å². The second-order valence-electron chi connectivity index (χ2n) is 4.64. The minimum atomic E-state index is -0.944. The van der Waals surface area contributed by atoms with Crippen LogP contribution in [0.4, 0.5) is 0 Å². The highest BCUT2D eigenvalue weighted by molar-refractivity contribution is 9.10. The second-order valence-corrected chi connectivity index (χ2v) is 5.55. The van der Waals surface area contributed by atoms with Crippen molar-refractivity contribution < 1.29 is 9.90 Å². The normalized spacial score (nSPS) is 11.6. The molecule has 3 rings (SSSR count). The van der Waals surface area contributed by atoms with Crippen LogP contribution in [0.25, 0.3) is 16.8 Å². The van der Waals surface area contributed by atoms with E-state index in [4.69, 9.17) is 0 Å². The standard InChI is InChI=1S/C13H12BrN3O2/c1-6-4-8(14)5-9-10(6)15-13-16(3)7(2)11(12(18)19)17(9)13/h4-5H,1-3H3,(H,18,19). The first-order chi connectivity index (χ1) is 8.91. The zero-order chi connectivity index (χ0) is 13.9. The highest BCUT2D eigenvalue weighted by Gasteiger charge is 2.22. The number of halogens is 1. The first kappa shape index (κ1) is 12.2.